The van der Waals surface area contributed by atoms with E-state index in [-0.39, 0.29) is 36.9 Å². The molecule has 0 unspecified atom stereocenters. The van der Waals surface area contributed by atoms with E-state index in [0.717, 1.165) is 12.1 Å². The topological polar surface area (TPSA) is 54.4 Å². The van der Waals surface area contributed by atoms with Crippen LogP contribution in [0.4, 0.5) is 4.39 Å². The van der Waals surface area contributed by atoms with Crippen LogP contribution in [0.2, 0.25) is 0 Å². The zero-order chi connectivity index (χ0) is 8.48. The average Bonchev–Trinajstić information content (AvgIpc) is 1.86. The zero-order valence-electron chi connectivity index (χ0n) is 5.62. The molecule has 0 aliphatic carbocycles. The molecule has 0 heterocycles. The van der Waals surface area contributed by atoms with Crippen molar-refractivity contribution in [3.63, 3.8) is 0 Å². The third-order valence-electron chi connectivity index (χ3n) is 1.11. The molecule has 0 aliphatic heterocycles. The smallest absolute Gasteiger partial charge is 0.282 e. The maximum atomic E-state index is 12.5. The summed E-state index contributed by atoms with van der Waals surface area (Å²) in [6.45, 7) is 0. The number of hydrogen-bond acceptors (Lipinski definition) is 2. The van der Waals surface area contributed by atoms with E-state index in [2.05, 4.69) is 0 Å². The molecule has 1 rings (SSSR count). The van der Waals surface area contributed by atoms with Crippen molar-refractivity contribution in [3.8, 4) is 0 Å². The van der Waals surface area contributed by atoms with Crippen LogP contribution in [0.1, 0.15) is 0 Å². The fourth-order valence-corrected chi connectivity index (χ4v) is 1.22. The van der Waals surface area contributed by atoms with Crippen molar-refractivity contribution in [3.05, 3.63) is 30.1 Å². The van der Waals surface area contributed by atoms with Crippen LogP contribution in [0.25, 0.3) is 0 Å². The Balaban J connectivity index is 0.00000121. The van der Waals surface area contributed by atoms with Crippen molar-refractivity contribution >= 4 is 10.1 Å². The number of halogens is 1. The van der Waals surface area contributed by atoms with Crippen molar-refractivity contribution in [1.29, 1.82) is 0 Å². The summed E-state index contributed by atoms with van der Waals surface area (Å²) in [5, 5.41) is 0. The Hall–Kier alpha value is 0.294. The minimum atomic E-state index is -4.41. The van der Waals surface area contributed by atoms with Gasteiger partial charge in [-0.1, -0.05) is 12.1 Å². The largest absolute Gasteiger partial charge is 0.297 e. The van der Waals surface area contributed by atoms with Crippen molar-refractivity contribution in [2.75, 3.05) is 0 Å². The molecule has 12 heavy (non-hydrogen) atoms. The molecule has 1 radical (unpaired) electrons. The van der Waals surface area contributed by atoms with Gasteiger partial charge in [0.1, 0.15) is 10.7 Å². The Kier molecular flexibility index (Phi) is 4.62. The normalized spacial score (nSPS) is 10.5. The van der Waals surface area contributed by atoms with Gasteiger partial charge < -0.3 is 0 Å². The minimum Gasteiger partial charge on any atom is -0.282 e. The van der Waals surface area contributed by atoms with Gasteiger partial charge in [-0.15, -0.1) is 0 Å². The molecule has 0 saturated heterocycles. The summed E-state index contributed by atoms with van der Waals surface area (Å²) in [4.78, 5) is -0.694. The van der Waals surface area contributed by atoms with Gasteiger partial charge in [-0.05, 0) is 12.1 Å². The second kappa shape index (κ2) is 4.51. The van der Waals surface area contributed by atoms with Gasteiger partial charge in [-0.3, -0.25) is 4.55 Å². The molecule has 75 valence electrons. The van der Waals surface area contributed by atoms with Crippen molar-refractivity contribution < 1.29 is 54.2 Å². The van der Waals surface area contributed by atoms with Gasteiger partial charge >= 0.3 is 0 Å². The summed E-state index contributed by atoms with van der Waals surface area (Å²) in [5.74, 6) is -0.949. The molecule has 0 bridgehead atoms. The quantitative estimate of drug-likeness (QED) is 0.771. The minimum absolute atomic E-state index is 0. The number of benzene rings is 1. The Morgan fingerprint density at radius 3 is 2.08 bits per heavy atom. The second-order valence-corrected chi connectivity index (χ2v) is 3.30. The molecule has 0 atom stereocenters. The molecule has 0 spiro atoms. The molecule has 0 fully saturated rings. The molecular formula is C6H5FLuO3S. The number of hydrogen-bond donors (Lipinski definition) is 1. The van der Waals surface area contributed by atoms with Crippen LogP contribution in [0.5, 0.6) is 0 Å². The van der Waals surface area contributed by atoms with Crippen LogP contribution >= 0.6 is 0 Å². The summed E-state index contributed by atoms with van der Waals surface area (Å²) in [6.07, 6.45) is 0. The zero-order valence-corrected chi connectivity index (χ0v) is 8.09. The Morgan fingerprint density at radius 1 is 1.25 bits per heavy atom. The molecule has 0 amide bonds. The second-order valence-electron chi connectivity index (χ2n) is 1.91. The maximum absolute atomic E-state index is 12.5. The van der Waals surface area contributed by atoms with Crippen LogP contribution in [0, 0.1) is 42.7 Å². The fraction of sp³-hybridized carbons (Fsp3) is 0. The van der Waals surface area contributed by atoms with Crippen LogP contribution in [-0.2, 0) is 10.1 Å². The fourth-order valence-electron chi connectivity index (χ4n) is 0.654. The van der Waals surface area contributed by atoms with E-state index in [1.165, 1.54) is 12.1 Å². The first-order valence-corrected chi connectivity index (χ1v) is 4.18. The molecule has 3 nitrogen and oxygen atoms in total. The van der Waals surface area contributed by atoms with E-state index in [1.807, 2.05) is 0 Å². The van der Waals surface area contributed by atoms with E-state index in [9.17, 15) is 12.8 Å². The van der Waals surface area contributed by atoms with Crippen LogP contribution in [-0.4, -0.2) is 13.0 Å². The van der Waals surface area contributed by atoms with E-state index in [1.54, 1.807) is 0 Å². The Bertz CT molecular complexity index is 363. The van der Waals surface area contributed by atoms with E-state index < -0.39 is 20.8 Å². The first-order chi connectivity index (χ1) is 5.02. The molecule has 1 N–H and O–H groups in total. The monoisotopic (exact) mass is 351 g/mol. The molecule has 1 aromatic carbocycles. The molecule has 1 aromatic rings. The van der Waals surface area contributed by atoms with Gasteiger partial charge in [0.25, 0.3) is 10.1 Å². The first kappa shape index (κ1) is 12.3. The summed E-state index contributed by atoms with van der Waals surface area (Å²) in [5.41, 5.74) is 0. The summed E-state index contributed by atoms with van der Waals surface area (Å²) in [6, 6.07) is 4.62. The predicted octanol–water partition coefficient (Wildman–Crippen LogP) is 1.07. The van der Waals surface area contributed by atoms with Crippen LogP contribution < -0.4 is 0 Å². The Morgan fingerprint density at radius 2 is 1.75 bits per heavy atom. The van der Waals surface area contributed by atoms with Crippen molar-refractivity contribution in [2.24, 2.45) is 0 Å². The van der Waals surface area contributed by atoms with Gasteiger partial charge in [0.05, 0.1) is 0 Å². The molecule has 0 saturated carbocycles. The maximum Gasteiger partial charge on any atom is 0.297 e. The number of rotatable bonds is 1. The van der Waals surface area contributed by atoms with Crippen molar-refractivity contribution in [1.82, 2.24) is 0 Å². The van der Waals surface area contributed by atoms with Gasteiger partial charge in [-0.25, -0.2) is 4.39 Å². The van der Waals surface area contributed by atoms with Gasteiger partial charge in [0.15, 0.2) is 0 Å². The predicted molar refractivity (Wildman–Crippen MR) is 36.2 cm³/mol. The van der Waals surface area contributed by atoms with Crippen molar-refractivity contribution in [2.45, 2.75) is 4.90 Å². The SMILES string of the molecule is O=S(=O)(O)c1ccccc1F.[Lu]. The standard InChI is InChI=1S/C6H5FO3S.Lu/c7-5-3-1-2-4-6(5)11(8,9)10;/h1-4H,(H,8,9,10);. The van der Waals surface area contributed by atoms with Crippen LogP contribution in [0.15, 0.2) is 29.2 Å². The van der Waals surface area contributed by atoms with E-state index in [0.29, 0.717) is 0 Å². The summed E-state index contributed by atoms with van der Waals surface area (Å²) in [7, 11) is -4.41. The van der Waals surface area contributed by atoms with E-state index >= 15 is 0 Å². The first-order valence-electron chi connectivity index (χ1n) is 2.74. The molecule has 6 heteroatoms. The Labute approximate surface area is 98.5 Å². The summed E-state index contributed by atoms with van der Waals surface area (Å²) < 4.78 is 41.7. The third-order valence-corrected chi connectivity index (χ3v) is 2.00. The molecular weight excluding hydrogens is 346 g/mol. The van der Waals surface area contributed by atoms with Gasteiger partial charge in [0, 0.05) is 36.9 Å². The molecule has 0 aliphatic rings. The van der Waals surface area contributed by atoms with Gasteiger partial charge in [-0.2, -0.15) is 8.42 Å². The average molecular weight is 351 g/mol. The molecule has 0 aromatic heterocycles. The van der Waals surface area contributed by atoms with Gasteiger partial charge in [0.2, 0.25) is 0 Å². The third kappa shape index (κ3) is 2.97. The summed E-state index contributed by atoms with van der Waals surface area (Å²) >= 11 is 0. The van der Waals surface area contributed by atoms with E-state index in [4.69, 9.17) is 4.55 Å². The van der Waals surface area contributed by atoms with Crippen LogP contribution in [0.3, 0.4) is 0 Å².